The van der Waals surface area contributed by atoms with Gasteiger partial charge in [0, 0.05) is 24.6 Å². The molecule has 110 valence electrons. The summed E-state index contributed by atoms with van der Waals surface area (Å²) < 4.78 is 9.78. The highest BCUT2D eigenvalue weighted by atomic mass is 16.5. The first-order valence-electron chi connectivity index (χ1n) is 6.78. The van der Waals surface area contributed by atoms with Gasteiger partial charge in [0.25, 0.3) is 0 Å². The monoisotopic (exact) mass is 287 g/mol. The van der Waals surface area contributed by atoms with Crippen LogP contribution in [0.25, 0.3) is 0 Å². The normalized spacial score (nSPS) is 12.3. The van der Waals surface area contributed by atoms with E-state index in [1.165, 1.54) is 5.56 Å². The van der Waals surface area contributed by atoms with Gasteiger partial charge in [0.1, 0.15) is 6.61 Å². The van der Waals surface area contributed by atoms with Crippen molar-refractivity contribution in [2.75, 3.05) is 13.2 Å². The molecule has 1 aromatic carbocycles. The molecule has 0 aliphatic carbocycles. The van der Waals surface area contributed by atoms with Crippen LogP contribution in [0.15, 0.2) is 41.9 Å². The van der Waals surface area contributed by atoms with Gasteiger partial charge in [-0.05, 0) is 11.6 Å². The van der Waals surface area contributed by atoms with Crippen LogP contribution in [-0.2, 0) is 25.5 Å². The van der Waals surface area contributed by atoms with E-state index < -0.39 is 5.97 Å². The van der Waals surface area contributed by atoms with Crippen molar-refractivity contribution in [3.8, 4) is 0 Å². The van der Waals surface area contributed by atoms with Crippen molar-refractivity contribution in [2.24, 2.45) is 4.99 Å². The lowest BCUT2D eigenvalue weighted by Gasteiger charge is -2.05. The molecule has 21 heavy (non-hydrogen) atoms. The molecule has 1 aliphatic rings. The van der Waals surface area contributed by atoms with Crippen LogP contribution in [0.4, 0.5) is 5.69 Å². The Morgan fingerprint density at radius 1 is 1.24 bits per heavy atom. The number of carbonyl (C=O) groups is 2. The third kappa shape index (κ3) is 4.56. The zero-order valence-corrected chi connectivity index (χ0v) is 11.7. The second-order valence-electron chi connectivity index (χ2n) is 4.58. The largest absolute Gasteiger partial charge is 0.465 e. The first kappa shape index (κ1) is 15.0. The highest BCUT2D eigenvalue weighted by Crippen LogP contribution is 2.26. The zero-order chi connectivity index (χ0) is 15.1. The summed E-state index contributed by atoms with van der Waals surface area (Å²) in [6.07, 6.45) is 2.53. The van der Waals surface area contributed by atoms with Crippen LogP contribution in [0, 0.1) is 0 Å². The van der Waals surface area contributed by atoms with Gasteiger partial charge in [-0.1, -0.05) is 24.8 Å². The second kappa shape index (κ2) is 7.38. The average Bonchev–Trinajstić information content (AvgIpc) is 2.89. The van der Waals surface area contributed by atoms with E-state index in [0.717, 1.165) is 23.9 Å². The molecule has 0 bridgehead atoms. The number of aliphatic imine (C=N–C) groups is 1. The van der Waals surface area contributed by atoms with Crippen LogP contribution < -0.4 is 0 Å². The van der Waals surface area contributed by atoms with Crippen molar-refractivity contribution >= 4 is 23.3 Å². The van der Waals surface area contributed by atoms with Crippen molar-refractivity contribution in [2.45, 2.75) is 19.3 Å². The minimum atomic E-state index is -0.541. The van der Waals surface area contributed by atoms with E-state index in [1.54, 1.807) is 0 Å². The quantitative estimate of drug-likeness (QED) is 0.570. The summed E-state index contributed by atoms with van der Waals surface area (Å²) in [6, 6.07) is 7.96. The highest BCUT2D eigenvalue weighted by Gasteiger charge is 2.14. The van der Waals surface area contributed by atoms with Gasteiger partial charge in [0.15, 0.2) is 0 Å². The molecule has 0 unspecified atom stereocenters. The molecule has 2 rings (SSSR count). The lowest BCUT2D eigenvalue weighted by atomic mass is 10.1. The topological polar surface area (TPSA) is 65.0 Å². The van der Waals surface area contributed by atoms with Gasteiger partial charge in [0.05, 0.1) is 18.7 Å². The number of carbonyl (C=O) groups excluding carboxylic acids is 2. The maximum Gasteiger partial charge on any atom is 0.330 e. The predicted molar refractivity (Wildman–Crippen MR) is 78.6 cm³/mol. The number of benzene rings is 1. The van der Waals surface area contributed by atoms with Gasteiger partial charge in [-0.25, -0.2) is 4.79 Å². The molecule has 1 aromatic rings. The minimum Gasteiger partial charge on any atom is -0.465 e. The van der Waals surface area contributed by atoms with Crippen LogP contribution in [-0.4, -0.2) is 30.9 Å². The van der Waals surface area contributed by atoms with Crippen LogP contribution >= 0.6 is 0 Å². The molecular formula is C16H17NO4. The number of nitrogens with zero attached hydrogens (tertiary/aromatic N) is 1. The number of para-hydroxylation sites is 1. The number of esters is 2. The van der Waals surface area contributed by atoms with Crippen molar-refractivity contribution in [1.82, 2.24) is 0 Å². The van der Waals surface area contributed by atoms with E-state index in [2.05, 4.69) is 11.6 Å². The van der Waals surface area contributed by atoms with Crippen LogP contribution in [0.1, 0.15) is 18.4 Å². The van der Waals surface area contributed by atoms with Crippen molar-refractivity contribution in [3.05, 3.63) is 42.5 Å². The minimum absolute atomic E-state index is 0.00999. The standard InChI is InChI=1S/C16H17NO4/c1-2-15(18)20-10-8-16(19)21-9-7-13-11-12-5-3-4-6-14(12)17-13/h2-6H,1,7-11H2. The van der Waals surface area contributed by atoms with E-state index in [9.17, 15) is 9.59 Å². The summed E-state index contributed by atoms with van der Waals surface area (Å²) in [7, 11) is 0. The Morgan fingerprint density at radius 2 is 2.05 bits per heavy atom. The molecule has 0 aromatic heterocycles. The SMILES string of the molecule is C=CC(=O)OCCC(=O)OCCC1=Nc2ccccc2C1. The molecule has 0 amide bonds. The number of fused-ring (bicyclic) bond motifs is 1. The lowest BCUT2D eigenvalue weighted by Crippen LogP contribution is -2.13. The van der Waals surface area contributed by atoms with E-state index >= 15 is 0 Å². The van der Waals surface area contributed by atoms with Gasteiger partial charge >= 0.3 is 11.9 Å². The molecule has 0 fully saturated rings. The molecule has 0 N–H and O–H groups in total. The Labute approximate surface area is 123 Å². The molecule has 1 heterocycles. The summed E-state index contributed by atoms with van der Waals surface area (Å²) in [6.45, 7) is 3.57. The first-order valence-corrected chi connectivity index (χ1v) is 6.78. The summed E-state index contributed by atoms with van der Waals surface area (Å²) in [5.41, 5.74) is 3.22. The summed E-state index contributed by atoms with van der Waals surface area (Å²) in [5, 5.41) is 0. The average molecular weight is 287 g/mol. The van der Waals surface area contributed by atoms with Crippen LogP contribution in [0.5, 0.6) is 0 Å². The van der Waals surface area contributed by atoms with Gasteiger partial charge in [-0.2, -0.15) is 0 Å². The summed E-state index contributed by atoms with van der Waals surface area (Å²) >= 11 is 0. The lowest BCUT2D eigenvalue weighted by molar-refractivity contribution is -0.146. The molecule has 1 aliphatic heterocycles. The molecule has 0 saturated heterocycles. The highest BCUT2D eigenvalue weighted by molar-refractivity contribution is 5.94. The van der Waals surface area contributed by atoms with E-state index in [4.69, 9.17) is 9.47 Å². The van der Waals surface area contributed by atoms with Crippen molar-refractivity contribution in [3.63, 3.8) is 0 Å². The third-order valence-corrected chi connectivity index (χ3v) is 3.04. The predicted octanol–water partition coefficient (Wildman–Crippen LogP) is 2.37. The smallest absolute Gasteiger partial charge is 0.330 e. The maximum atomic E-state index is 11.4. The number of hydrogen-bond acceptors (Lipinski definition) is 5. The van der Waals surface area contributed by atoms with Gasteiger partial charge in [0.2, 0.25) is 0 Å². The van der Waals surface area contributed by atoms with Crippen LogP contribution in [0.3, 0.4) is 0 Å². The fourth-order valence-electron chi connectivity index (χ4n) is 1.99. The zero-order valence-electron chi connectivity index (χ0n) is 11.7. The van der Waals surface area contributed by atoms with Crippen LogP contribution in [0.2, 0.25) is 0 Å². The number of ether oxygens (including phenoxy) is 2. The second-order valence-corrected chi connectivity index (χ2v) is 4.58. The van der Waals surface area contributed by atoms with Gasteiger partial charge < -0.3 is 9.47 Å². The third-order valence-electron chi connectivity index (χ3n) is 3.04. The van der Waals surface area contributed by atoms with Gasteiger partial charge in [-0.15, -0.1) is 0 Å². The summed E-state index contributed by atoms with van der Waals surface area (Å²) in [5.74, 6) is -0.927. The Kier molecular flexibility index (Phi) is 5.26. The van der Waals surface area contributed by atoms with Gasteiger partial charge in [-0.3, -0.25) is 9.79 Å². The maximum absolute atomic E-state index is 11.4. The molecular weight excluding hydrogens is 270 g/mol. The van der Waals surface area contributed by atoms with E-state index in [0.29, 0.717) is 13.0 Å². The van der Waals surface area contributed by atoms with Crippen molar-refractivity contribution in [1.29, 1.82) is 0 Å². The molecule has 5 heteroatoms. The Hall–Kier alpha value is -2.43. The molecule has 0 saturated carbocycles. The van der Waals surface area contributed by atoms with E-state index in [-0.39, 0.29) is 19.0 Å². The number of hydrogen-bond donors (Lipinski definition) is 0. The molecule has 0 atom stereocenters. The first-order chi connectivity index (χ1) is 10.2. The molecule has 0 spiro atoms. The Morgan fingerprint density at radius 3 is 2.81 bits per heavy atom. The number of rotatable bonds is 7. The summed E-state index contributed by atoms with van der Waals surface area (Å²) in [4.78, 5) is 26.7. The fraction of sp³-hybridized carbons (Fsp3) is 0.312. The van der Waals surface area contributed by atoms with Crippen molar-refractivity contribution < 1.29 is 19.1 Å². The molecule has 0 radical (unpaired) electrons. The van der Waals surface area contributed by atoms with E-state index in [1.807, 2.05) is 24.3 Å². The Balaban J connectivity index is 1.63. The molecule has 5 nitrogen and oxygen atoms in total. The fourth-order valence-corrected chi connectivity index (χ4v) is 1.99. The Bertz CT molecular complexity index is 577.